The summed E-state index contributed by atoms with van der Waals surface area (Å²) < 4.78 is 11.5. The van der Waals surface area contributed by atoms with Crippen LogP contribution in [0.5, 0.6) is 0 Å². The molecule has 7 nitrogen and oxygen atoms in total. The Balaban J connectivity index is 1.37. The molecule has 4 rings (SSSR count). The second-order valence-electron chi connectivity index (χ2n) is 9.44. The number of hydrogen-bond donors (Lipinski definition) is 2. The predicted molar refractivity (Wildman–Crippen MR) is 124 cm³/mol. The molecule has 7 heteroatoms. The number of nitrogens with one attached hydrogen (secondary N) is 2. The summed E-state index contributed by atoms with van der Waals surface area (Å²) in [7, 11) is 0. The van der Waals surface area contributed by atoms with Crippen LogP contribution in [0, 0.1) is 6.92 Å². The lowest BCUT2D eigenvalue weighted by molar-refractivity contribution is 0.0524. The number of hydrogen-bond acceptors (Lipinski definition) is 4. The Morgan fingerprint density at radius 2 is 1.59 bits per heavy atom. The van der Waals surface area contributed by atoms with Gasteiger partial charge in [-0.15, -0.1) is 0 Å². The molecule has 2 aliphatic heterocycles. The van der Waals surface area contributed by atoms with Crippen molar-refractivity contribution < 1.29 is 19.1 Å². The van der Waals surface area contributed by atoms with Crippen LogP contribution in [-0.4, -0.2) is 61.4 Å². The number of carbonyl (C=O) groups excluding carboxylic acids is 2. The van der Waals surface area contributed by atoms with Gasteiger partial charge >= 0.3 is 6.03 Å². The SMILES string of the molecule is Cc1cc(C(=O)NC2CCCCC2)ccc1NC(=O)N(C[C@H]1CCCO1)C[C@H]1CCCO1. The molecule has 1 aromatic carbocycles. The zero-order chi connectivity index (χ0) is 22.3. The third-order valence-corrected chi connectivity index (χ3v) is 6.85. The van der Waals surface area contributed by atoms with E-state index in [1.54, 1.807) is 6.07 Å². The predicted octanol–water partition coefficient (Wildman–Crippen LogP) is 4.25. The van der Waals surface area contributed by atoms with Crippen molar-refractivity contribution in [2.75, 3.05) is 31.6 Å². The summed E-state index contributed by atoms with van der Waals surface area (Å²) in [5, 5.41) is 6.21. The van der Waals surface area contributed by atoms with E-state index in [1.165, 1.54) is 19.3 Å². The molecule has 2 N–H and O–H groups in total. The van der Waals surface area contributed by atoms with Crippen molar-refractivity contribution in [2.45, 2.75) is 83.0 Å². The molecule has 2 heterocycles. The molecular formula is C25H37N3O4. The Bertz CT molecular complexity index is 763. The van der Waals surface area contributed by atoms with Crippen LogP contribution in [0.15, 0.2) is 18.2 Å². The van der Waals surface area contributed by atoms with E-state index in [9.17, 15) is 9.59 Å². The normalized spacial score (nSPS) is 23.8. The first-order chi connectivity index (χ1) is 15.6. The van der Waals surface area contributed by atoms with Crippen LogP contribution in [0.25, 0.3) is 0 Å². The first-order valence-corrected chi connectivity index (χ1v) is 12.3. The van der Waals surface area contributed by atoms with Crippen molar-refractivity contribution in [3.8, 4) is 0 Å². The first kappa shape index (κ1) is 23.1. The zero-order valence-corrected chi connectivity index (χ0v) is 19.2. The molecule has 176 valence electrons. The average Bonchev–Trinajstić information content (AvgIpc) is 3.50. The molecule has 0 aromatic heterocycles. The summed E-state index contributed by atoms with van der Waals surface area (Å²) in [5.74, 6) is -0.0312. The van der Waals surface area contributed by atoms with Crippen LogP contribution in [0.3, 0.4) is 0 Å². The van der Waals surface area contributed by atoms with Crippen molar-refractivity contribution in [3.63, 3.8) is 0 Å². The molecule has 3 amide bonds. The molecule has 32 heavy (non-hydrogen) atoms. The Morgan fingerprint density at radius 3 is 2.16 bits per heavy atom. The molecule has 0 bridgehead atoms. The van der Waals surface area contributed by atoms with E-state index in [4.69, 9.17) is 9.47 Å². The Morgan fingerprint density at radius 1 is 0.938 bits per heavy atom. The van der Waals surface area contributed by atoms with Crippen LogP contribution < -0.4 is 10.6 Å². The number of carbonyl (C=O) groups is 2. The van der Waals surface area contributed by atoms with Gasteiger partial charge in [-0.2, -0.15) is 0 Å². The van der Waals surface area contributed by atoms with Gasteiger partial charge in [0.25, 0.3) is 5.91 Å². The van der Waals surface area contributed by atoms with Gasteiger partial charge < -0.3 is 25.0 Å². The second kappa shape index (κ2) is 11.1. The van der Waals surface area contributed by atoms with Gasteiger partial charge in [-0.25, -0.2) is 4.79 Å². The van der Waals surface area contributed by atoms with Crippen molar-refractivity contribution in [3.05, 3.63) is 29.3 Å². The molecule has 3 fully saturated rings. The minimum atomic E-state index is -0.140. The highest BCUT2D eigenvalue weighted by atomic mass is 16.5. The van der Waals surface area contributed by atoms with Gasteiger partial charge in [-0.1, -0.05) is 19.3 Å². The molecule has 0 radical (unpaired) electrons. The Labute approximate surface area is 191 Å². The molecule has 1 aliphatic carbocycles. The number of nitrogens with zero attached hydrogens (tertiary/aromatic N) is 1. The van der Waals surface area contributed by atoms with Crippen molar-refractivity contribution in [1.82, 2.24) is 10.2 Å². The van der Waals surface area contributed by atoms with Crippen molar-refractivity contribution in [2.24, 2.45) is 0 Å². The molecule has 2 saturated heterocycles. The third-order valence-electron chi connectivity index (χ3n) is 6.85. The van der Waals surface area contributed by atoms with E-state index in [1.807, 2.05) is 24.0 Å². The smallest absolute Gasteiger partial charge is 0.322 e. The van der Waals surface area contributed by atoms with Gasteiger partial charge in [0, 0.05) is 43.6 Å². The Kier molecular flexibility index (Phi) is 8.03. The second-order valence-corrected chi connectivity index (χ2v) is 9.44. The van der Waals surface area contributed by atoms with Crippen LogP contribution in [0.4, 0.5) is 10.5 Å². The minimum Gasteiger partial charge on any atom is -0.376 e. The molecule has 1 saturated carbocycles. The summed E-state index contributed by atoms with van der Waals surface area (Å²) in [6, 6.07) is 5.63. The molecule has 1 aromatic rings. The average molecular weight is 444 g/mol. The largest absolute Gasteiger partial charge is 0.376 e. The van der Waals surface area contributed by atoms with E-state index in [0.29, 0.717) is 18.7 Å². The minimum absolute atomic E-state index is 0.0312. The lowest BCUT2D eigenvalue weighted by atomic mass is 9.95. The van der Waals surface area contributed by atoms with Crippen molar-refractivity contribution >= 4 is 17.6 Å². The number of rotatable bonds is 7. The maximum Gasteiger partial charge on any atom is 0.322 e. The highest BCUT2D eigenvalue weighted by Gasteiger charge is 2.27. The van der Waals surface area contributed by atoms with Gasteiger partial charge in [0.1, 0.15) is 0 Å². The van der Waals surface area contributed by atoms with Crippen LogP contribution in [0.1, 0.15) is 73.7 Å². The summed E-state index contributed by atoms with van der Waals surface area (Å²) >= 11 is 0. The highest BCUT2D eigenvalue weighted by Crippen LogP contribution is 2.22. The van der Waals surface area contributed by atoms with Crippen LogP contribution >= 0.6 is 0 Å². The number of amides is 3. The fraction of sp³-hybridized carbons (Fsp3) is 0.680. The molecule has 3 aliphatic rings. The first-order valence-electron chi connectivity index (χ1n) is 12.3. The summed E-state index contributed by atoms with van der Waals surface area (Å²) in [4.78, 5) is 27.6. The maximum atomic E-state index is 13.1. The number of ether oxygens (including phenoxy) is 2. The maximum absolute atomic E-state index is 13.1. The van der Waals surface area contributed by atoms with Crippen molar-refractivity contribution in [1.29, 1.82) is 0 Å². The highest BCUT2D eigenvalue weighted by molar-refractivity contribution is 5.96. The molecule has 0 unspecified atom stereocenters. The van der Waals surface area contributed by atoms with Gasteiger partial charge in [-0.3, -0.25) is 4.79 Å². The van der Waals surface area contributed by atoms with Crippen LogP contribution in [0.2, 0.25) is 0 Å². The standard InChI is InChI=1S/C25H37N3O4/c1-18-15-19(24(29)26-20-7-3-2-4-8-20)11-12-23(18)27-25(30)28(16-21-9-5-13-31-21)17-22-10-6-14-32-22/h11-12,15,20-22H,2-10,13-14,16-17H2,1H3,(H,26,29)(H,27,30)/t21-,22-/m1/s1. The van der Waals surface area contributed by atoms with E-state index < -0.39 is 0 Å². The fourth-order valence-corrected chi connectivity index (χ4v) is 4.96. The van der Waals surface area contributed by atoms with Gasteiger partial charge in [-0.05, 0) is 69.2 Å². The molecular weight excluding hydrogens is 406 g/mol. The van der Waals surface area contributed by atoms with Gasteiger partial charge in [0.15, 0.2) is 0 Å². The zero-order valence-electron chi connectivity index (χ0n) is 19.2. The lowest BCUT2D eigenvalue weighted by Crippen LogP contribution is -2.44. The monoisotopic (exact) mass is 443 g/mol. The lowest BCUT2D eigenvalue weighted by Gasteiger charge is -2.28. The topological polar surface area (TPSA) is 79.9 Å². The van der Waals surface area contributed by atoms with E-state index >= 15 is 0 Å². The Hall–Kier alpha value is -2.12. The number of anilines is 1. The number of urea groups is 1. The number of aryl methyl sites for hydroxylation is 1. The fourth-order valence-electron chi connectivity index (χ4n) is 4.96. The van der Waals surface area contributed by atoms with E-state index in [0.717, 1.165) is 63.0 Å². The quantitative estimate of drug-likeness (QED) is 0.660. The van der Waals surface area contributed by atoms with E-state index in [2.05, 4.69) is 10.6 Å². The van der Waals surface area contributed by atoms with Gasteiger partial charge in [0.05, 0.1) is 12.2 Å². The summed E-state index contributed by atoms with van der Waals surface area (Å²) in [6.45, 7) is 4.61. The van der Waals surface area contributed by atoms with Gasteiger partial charge in [0.2, 0.25) is 0 Å². The summed E-state index contributed by atoms with van der Waals surface area (Å²) in [6.07, 6.45) is 9.99. The third kappa shape index (κ3) is 6.23. The summed E-state index contributed by atoms with van der Waals surface area (Å²) in [5.41, 5.74) is 2.25. The molecule has 0 spiro atoms. The molecule has 2 atom stereocenters. The van der Waals surface area contributed by atoms with E-state index in [-0.39, 0.29) is 30.2 Å². The van der Waals surface area contributed by atoms with Crippen LogP contribution in [-0.2, 0) is 9.47 Å². The number of benzene rings is 1.